The Bertz CT molecular complexity index is 429. The van der Waals surface area contributed by atoms with Crippen LogP contribution in [-0.2, 0) is 19.9 Å². The second-order valence-electron chi connectivity index (χ2n) is 5.49. The number of nitrogens with one attached hydrogen (secondary N) is 1. The van der Waals surface area contributed by atoms with E-state index < -0.39 is 0 Å². The van der Waals surface area contributed by atoms with Crippen molar-refractivity contribution in [3.8, 4) is 0 Å². The summed E-state index contributed by atoms with van der Waals surface area (Å²) in [4.78, 5) is 0. The summed E-state index contributed by atoms with van der Waals surface area (Å²) >= 11 is 8.44. The lowest BCUT2D eigenvalue weighted by Gasteiger charge is -2.18. The van der Waals surface area contributed by atoms with Crippen LogP contribution in [0.3, 0.4) is 0 Å². The molecule has 0 spiro atoms. The Morgan fingerprint density at radius 1 is 1.50 bits per heavy atom. The summed E-state index contributed by atoms with van der Waals surface area (Å²) in [7, 11) is 1.96. The fourth-order valence-corrected chi connectivity index (χ4v) is 4.50. The van der Waals surface area contributed by atoms with Crippen LogP contribution in [0.15, 0.2) is 0 Å². The standard InChI is InChI=1S/C14H25ClN4S/c1-3-12-14(15)13(19(2)18-12)8-10(17-16)9-20-11-6-4-5-7-11/h10-11,17H,3-9,16H2,1-2H3. The van der Waals surface area contributed by atoms with Gasteiger partial charge in [-0.3, -0.25) is 16.0 Å². The van der Waals surface area contributed by atoms with Crippen molar-refractivity contribution in [2.75, 3.05) is 5.75 Å². The van der Waals surface area contributed by atoms with E-state index in [4.69, 9.17) is 17.4 Å². The molecule has 20 heavy (non-hydrogen) atoms. The van der Waals surface area contributed by atoms with Crippen LogP contribution in [-0.4, -0.2) is 26.8 Å². The summed E-state index contributed by atoms with van der Waals surface area (Å²) < 4.78 is 1.89. The number of halogens is 1. The quantitative estimate of drug-likeness (QED) is 0.600. The van der Waals surface area contributed by atoms with Crippen LogP contribution in [0.25, 0.3) is 0 Å². The second-order valence-corrected chi connectivity index (χ2v) is 7.20. The van der Waals surface area contributed by atoms with E-state index in [1.165, 1.54) is 25.7 Å². The highest BCUT2D eigenvalue weighted by atomic mass is 35.5. The summed E-state index contributed by atoms with van der Waals surface area (Å²) in [5, 5.41) is 6.09. The van der Waals surface area contributed by atoms with Gasteiger partial charge < -0.3 is 0 Å². The number of rotatable bonds is 7. The van der Waals surface area contributed by atoms with E-state index >= 15 is 0 Å². The molecule has 0 amide bonds. The van der Waals surface area contributed by atoms with Gasteiger partial charge in [0, 0.05) is 30.5 Å². The van der Waals surface area contributed by atoms with Crippen molar-refractivity contribution in [2.24, 2.45) is 12.9 Å². The fraction of sp³-hybridized carbons (Fsp3) is 0.786. The van der Waals surface area contributed by atoms with Crippen LogP contribution in [0.2, 0.25) is 5.02 Å². The first kappa shape index (κ1) is 16.1. The third kappa shape index (κ3) is 3.91. The van der Waals surface area contributed by atoms with Crippen molar-refractivity contribution in [3.63, 3.8) is 0 Å². The molecule has 1 aromatic heterocycles. The average Bonchev–Trinajstić information content (AvgIpc) is 3.05. The molecule has 0 radical (unpaired) electrons. The first-order chi connectivity index (χ1) is 9.65. The molecule has 0 bridgehead atoms. The van der Waals surface area contributed by atoms with Crippen molar-refractivity contribution in [3.05, 3.63) is 16.4 Å². The van der Waals surface area contributed by atoms with Crippen molar-refractivity contribution in [2.45, 2.75) is 56.7 Å². The molecule has 6 heteroatoms. The van der Waals surface area contributed by atoms with Gasteiger partial charge in [0.15, 0.2) is 0 Å². The lowest BCUT2D eigenvalue weighted by molar-refractivity contribution is 0.550. The van der Waals surface area contributed by atoms with Gasteiger partial charge in [0.1, 0.15) is 0 Å². The molecule has 1 heterocycles. The summed E-state index contributed by atoms with van der Waals surface area (Å²) in [6, 6.07) is 0.248. The SMILES string of the molecule is CCc1nn(C)c(CC(CSC2CCCC2)NN)c1Cl. The molecule has 0 aromatic carbocycles. The molecule has 1 aromatic rings. The first-order valence-electron chi connectivity index (χ1n) is 7.43. The molecule has 1 saturated carbocycles. The normalized spacial score (nSPS) is 17.8. The highest BCUT2D eigenvalue weighted by Crippen LogP contribution is 2.30. The molecular formula is C14H25ClN4S. The lowest BCUT2D eigenvalue weighted by atomic mass is 10.1. The Labute approximate surface area is 130 Å². The molecule has 1 fully saturated rings. The van der Waals surface area contributed by atoms with Gasteiger partial charge in [-0.25, -0.2) is 0 Å². The maximum Gasteiger partial charge on any atom is 0.0850 e. The molecule has 1 atom stereocenters. The number of aryl methyl sites for hydroxylation is 2. The Morgan fingerprint density at radius 3 is 2.75 bits per heavy atom. The predicted molar refractivity (Wildman–Crippen MR) is 87.1 cm³/mol. The first-order valence-corrected chi connectivity index (χ1v) is 8.86. The summed E-state index contributed by atoms with van der Waals surface area (Å²) in [6.07, 6.45) is 7.17. The number of thioether (sulfide) groups is 1. The van der Waals surface area contributed by atoms with E-state index in [9.17, 15) is 0 Å². The largest absolute Gasteiger partial charge is 0.271 e. The van der Waals surface area contributed by atoms with Crippen molar-refractivity contribution in [1.82, 2.24) is 15.2 Å². The van der Waals surface area contributed by atoms with Crippen LogP contribution in [0.4, 0.5) is 0 Å². The zero-order valence-electron chi connectivity index (χ0n) is 12.4. The number of hydrogen-bond acceptors (Lipinski definition) is 4. The van der Waals surface area contributed by atoms with Gasteiger partial charge >= 0.3 is 0 Å². The zero-order chi connectivity index (χ0) is 14.5. The molecule has 0 aliphatic heterocycles. The average molecular weight is 317 g/mol. The highest BCUT2D eigenvalue weighted by Gasteiger charge is 2.20. The molecular weight excluding hydrogens is 292 g/mol. The molecule has 3 N–H and O–H groups in total. The van der Waals surface area contributed by atoms with Crippen LogP contribution in [0.1, 0.15) is 44.0 Å². The third-order valence-corrected chi connectivity index (χ3v) is 5.99. The Hall–Kier alpha value is -0.230. The van der Waals surface area contributed by atoms with E-state index in [-0.39, 0.29) is 6.04 Å². The summed E-state index contributed by atoms with van der Waals surface area (Å²) in [6.45, 7) is 2.08. The number of aromatic nitrogens is 2. The molecule has 1 unspecified atom stereocenters. The van der Waals surface area contributed by atoms with Gasteiger partial charge in [-0.1, -0.05) is 31.4 Å². The Kier molecular flexibility index (Phi) is 6.20. The lowest BCUT2D eigenvalue weighted by Crippen LogP contribution is -2.39. The van der Waals surface area contributed by atoms with E-state index in [1.54, 1.807) is 0 Å². The monoisotopic (exact) mass is 316 g/mol. The Balaban J connectivity index is 1.93. The minimum atomic E-state index is 0.248. The third-order valence-electron chi connectivity index (χ3n) is 4.01. The van der Waals surface area contributed by atoms with Gasteiger partial charge in [0.25, 0.3) is 0 Å². The van der Waals surface area contributed by atoms with Gasteiger partial charge in [0.2, 0.25) is 0 Å². The van der Waals surface area contributed by atoms with Crippen molar-refractivity contribution >= 4 is 23.4 Å². The maximum absolute atomic E-state index is 6.40. The van der Waals surface area contributed by atoms with Gasteiger partial charge in [-0.2, -0.15) is 16.9 Å². The Morgan fingerprint density at radius 2 is 2.20 bits per heavy atom. The van der Waals surface area contributed by atoms with E-state index in [2.05, 4.69) is 17.4 Å². The molecule has 1 aliphatic carbocycles. The molecule has 114 valence electrons. The van der Waals surface area contributed by atoms with Crippen LogP contribution >= 0.6 is 23.4 Å². The minimum Gasteiger partial charge on any atom is -0.271 e. The molecule has 2 rings (SSSR count). The topological polar surface area (TPSA) is 55.9 Å². The zero-order valence-corrected chi connectivity index (χ0v) is 13.9. The smallest absolute Gasteiger partial charge is 0.0850 e. The number of nitrogens with zero attached hydrogens (tertiary/aromatic N) is 2. The fourth-order valence-electron chi connectivity index (χ4n) is 2.75. The highest BCUT2D eigenvalue weighted by molar-refractivity contribution is 7.99. The second kappa shape index (κ2) is 7.69. The van der Waals surface area contributed by atoms with E-state index in [0.717, 1.165) is 40.3 Å². The number of hydrogen-bond donors (Lipinski definition) is 2. The van der Waals surface area contributed by atoms with Gasteiger partial charge in [0.05, 0.1) is 16.4 Å². The van der Waals surface area contributed by atoms with Crippen LogP contribution in [0.5, 0.6) is 0 Å². The summed E-state index contributed by atoms with van der Waals surface area (Å²) in [5.41, 5.74) is 4.99. The number of hydrazine groups is 1. The molecule has 1 aliphatic rings. The van der Waals surface area contributed by atoms with Gasteiger partial charge in [-0.15, -0.1) is 0 Å². The predicted octanol–water partition coefficient (Wildman–Crippen LogP) is 2.69. The molecule has 4 nitrogen and oxygen atoms in total. The van der Waals surface area contributed by atoms with Crippen LogP contribution < -0.4 is 11.3 Å². The molecule has 0 saturated heterocycles. The van der Waals surface area contributed by atoms with Crippen molar-refractivity contribution in [1.29, 1.82) is 0 Å². The van der Waals surface area contributed by atoms with Crippen molar-refractivity contribution < 1.29 is 0 Å². The van der Waals surface area contributed by atoms with Gasteiger partial charge in [-0.05, 0) is 19.3 Å². The van der Waals surface area contributed by atoms with E-state index in [1.807, 2.05) is 23.5 Å². The van der Waals surface area contributed by atoms with Crippen LogP contribution in [0, 0.1) is 0 Å². The number of nitrogens with two attached hydrogens (primary N) is 1. The summed E-state index contributed by atoms with van der Waals surface area (Å²) in [5.74, 6) is 6.74. The maximum atomic E-state index is 6.40. The minimum absolute atomic E-state index is 0.248. The van der Waals surface area contributed by atoms with E-state index in [0.29, 0.717) is 0 Å².